The highest BCUT2D eigenvalue weighted by Crippen LogP contribution is 2.19. The van der Waals surface area contributed by atoms with Crippen LogP contribution in [-0.2, 0) is 11.3 Å². The Kier molecular flexibility index (Phi) is 4.73. The van der Waals surface area contributed by atoms with Gasteiger partial charge in [0.15, 0.2) is 12.4 Å². The van der Waals surface area contributed by atoms with Crippen LogP contribution in [0.3, 0.4) is 0 Å². The zero-order valence-electron chi connectivity index (χ0n) is 13.2. The standard InChI is InChI=1S/C18H22N2O/c1-13(2)16-9-6-10-20(11-16)12-17(21)19-18-14(3)7-5-8-15(18)4/h5-11,13H,12H2,1-4H3/p+1. The summed E-state index contributed by atoms with van der Waals surface area (Å²) < 4.78 is 1.93. The average Bonchev–Trinajstić information content (AvgIpc) is 2.43. The second-order valence-corrected chi connectivity index (χ2v) is 5.78. The lowest BCUT2D eigenvalue weighted by atomic mass is 10.1. The Hall–Kier alpha value is -2.16. The van der Waals surface area contributed by atoms with Gasteiger partial charge < -0.3 is 5.32 Å². The van der Waals surface area contributed by atoms with Gasteiger partial charge in [-0.25, -0.2) is 0 Å². The molecule has 1 aromatic carbocycles. The number of anilines is 1. The van der Waals surface area contributed by atoms with E-state index in [0.717, 1.165) is 16.8 Å². The highest BCUT2D eigenvalue weighted by molar-refractivity contribution is 5.91. The molecular formula is C18H23N2O+. The predicted molar refractivity (Wildman–Crippen MR) is 85.3 cm³/mol. The van der Waals surface area contributed by atoms with Gasteiger partial charge in [-0.3, -0.25) is 4.79 Å². The first-order chi connectivity index (χ1) is 9.97. The summed E-state index contributed by atoms with van der Waals surface area (Å²) in [6, 6.07) is 10.1. The number of hydrogen-bond donors (Lipinski definition) is 1. The van der Waals surface area contributed by atoms with Crippen LogP contribution < -0.4 is 9.88 Å². The molecule has 0 bridgehead atoms. The molecular weight excluding hydrogens is 260 g/mol. The van der Waals surface area contributed by atoms with Crippen LogP contribution in [0.4, 0.5) is 5.69 Å². The van der Waals surface area contributed by atoms with E-state index in [1.54, 1.807) is 0 Å². The smallest absolute Gasteiger partial charge is 0.290 e. The minimum Gasteiger partial charge on any atom is -0.320 e. The van der Waals surface area contributed by atoms with Gasteiger partial charge in [0.25, 0.3) is 5.91 Å². The van der Waals surface area contributed by atoms with Gasteiger partial charge in [0.05, 0.1) is 0 Å². The summed E-state index contributed by atoms with van der Waals surface area (Å²) in [4.78, 5) is 12.2. The summed E-state index contributed by atoms with van der Waals surface area (Å²) in [5.41, 5.74) is 4.33. The average molecular weight is 283 g/mol. The number of aromatic nitrogens is 1. The lowest BCUT2D eigenvalue weighted by molar-refractivity contribution is -0.684. The van der Waals surface area contributed by atoms with Gasteiger partial charge in [-0.05, 0) is 37.0 Å². The van der Waals surface area contributed by atoms with Crippen LogP contribution in [-0.4, -0.2) is 5.91 Å². The van der Waals surface area contributed by atoms with Crippen molar-refractivity contribution in [2.45, 2.75) is 40.2 Å². The predicted octanol–water partition coefficient (Wildman–Crippen LogP) is 3.35. The van der Waals surface area contributed by atoms with Crippen molar-refractivity contribution >= 4 is 11.6 Å². The summed E-state index contributed by atoms with van der Waals surface area (Å²) in [5.74, 6) is 0.456. The van der Waals surface area contributed by atoms with Crippen molar-refractivity contribution in [3.8, 4) is 0 Å². The van der Waals surface area contributed by atoms with Crippen LogP contribution in [0.5, 0.6) is 0 Å². The van der Waals surface area contributed by atoms with Crippen LogP contribution in [0.25, 0.3) is 0 Å². The van der Waals surface area contributed by atoms with Crippen molar-refractivity contribution in [3.63, 3.8) is 0 Å². The molecule has 1 heterocycles. The Labute approximate surface area is 126 Å². The van der Waals surface area contributed by atoms with Crippen molar-refractivity contribution in [1.29, 1.82) is 0 Å². The van der Waals surface area contributed by atoms with E-state index in [9.17, 15) is 4.79 Å². The van der Waals surface area contributed by atoms with Crippen LogP contribution in [0, 0.1) is 13.8 Å². The second kappa shape index (κ2) is 6.53. The number of aryl methyl sites for hydroxylation is 2. The third kappa shape index (κ3) is 3.91. The van der Waals surface area contributed by atoms with E-state index in [0.29, 0.717) is 12.5 Å². The maximum Gasteiger partial charge on any atom is 0.290 e. The molecule has 0 radical (unpaired) electrons. The molecule has 0 spiro atoms. The van der Waals surface area contributed by atoms with Gasteiger partial charge in [0, 0.05) is 17.3 Å². The number of para-hydroxylation sites is 1. The minimum absolute atomic E-state index is 0.00157. The Morgan fingerprint density at radius 1 is 1.14 bits per heavy atom. The summed E-state index contributed by atoms with van der Waals surface area (Å²) in [5, 5.41) is 3.02. The number of nitrogens with one attached hydrogen (secondary N) is 1. The van der Waals surface area contributed by atoms with Gasteiger partial charge in [0.2, 0.25) is 6.54 Å². The summed E-state index contributed by atoms with van der Waals surface area (Å²) in [6.45, 7) is 8.64. The normalized spacial score (nSPS) is 10.7. The number of carbonyl (C=O) groups is 1. The van der Waals surface area contributed by atoms with Gasteiger partial charge >= 0.3 is 0 Å². The zero-order valence-corrected chi connectivity index (χ0v) is 13.2. The van der Waals surface area contributed by atoms with Gasteiger partial charge in [0.1, 0.15) is 0 Å². The van der Waals surface area contributed by atoms with E-state index in [1.807, 2.05) is 55.1 Å². The molecule has 0 aliphatic rings. The molecule has 2 aromatic rings. The Bertz CT molecular complexity index is 627. The van der Waals surface area contributed by atoms with E-state index in [2.05, 4.69) is 25.2 Å². The summed E-state index contributed by atoms with van der Waals surface area (Å²) in [7, 11) is 0. The molecule has 0 atom stereocenters. The highest BCUT2D eigenvalue weighted by Gasteiger charge is 2.13. The zero-order chi connectivity index (χ0) is 15.4. The van der Waals surface area contributed by atoms with Crippen molar-refractivity contribution in [2.75, 3.05) is 5.32 Å². The molecule has 1 aromatic heterocycles. The fourth-order valence-corrected chi connectivity index (χ4v) is 2.34. The third-order valence-corrected chi connectivity index (χ3v) is 3.62. The number of nitrogens with zero attached hydrogens (tertiary/aromatic N) is 1. The molecule has 0 aliphatic carbocycles. The topological polar surface area (TPSA) is 33.0 Å². The number of rotatable bonds is 4. The van der Waals surface area contributed by atoms with E-state index < -0.39 is 0 Å². The van der Waals surface area contributed by atoms with Crippen LogP contribution in [0.15, 0.2) is 42.7 Å². The molecule has 3 heteroatoms. The summed E-state index contributed by atoms with van der Waals surface area (Å²) in [6.07, 6.45) is 3.96. The van der Waals surface area contributed by atoms with E-state index in [4.69, 9.17) is 0 Å². The molecule has 3 nitrogen and oxygen atoms in total. The number of carbonyl (C=O) groups excluding carboxylic acids is 1. The molecule has 0 aliphatic heterocycles. The van der Waals surface area contributed by atoms with Crippen molar-refractivity contribution in [2.24, 2.45) is 0 Å². The second-order valence-electron chi connectivity index (χ2n) is 5.78. The monoisotopic (exact) mass is 283 g/mol. The lowest BCUT2D eigenvalue weighted by Gasteiger charge is -2.10. The largest absolute Gasteiger partial charge is 0.320 e. The van der Waals surface area contributed by atoms with Crippen LogP contribution in [0.2, 0.25) is 0 Å². The molecule has 0 saturated carbocycles. The maximum absolute atomic E-state index is 12.2. The molecule has 1 N–H and O–H groups in total. The summed E-state index contributed by atoms with van der Waals surface area (Å²) >= 11 is 0. The van der Waals surface area contributed by atoms with Gasteiger partial charge in [-0.1, -0.05) is 32.0 Å². The van der Waals surface area contributed by atoms with Crippen molar-refractivity contribution in [3.05, 3.63) is 59.4 Å². The molecule has 21 heavy (non-hydrogen) atoms. The van der Waals surface area contributed by atoms with Gasteiger partial charge in [-0.2, -0.15) is 4.57 Å². The Morgan fingerprint density at radius 2 is 1.81 bits per heavy atom. The number of benzene rings is 1. The fourth-order valence-electron chi connectivity index (χ4n) is 2.34. The lowest BCUT2D eigenvalue weighted by Crippen LogP contribution is -2.40. The SMILES string of the molecule is Cc1cccc(C)c1NC(=O)C[n+]1cccc(C(C)C)c1. The molecule has 0 saturated heterocycles. The van der Waals surface area contributed by atoms with E-state index >= 15 is 0 Å². The first-order valence-electron chi connectivity index (χ1n) is 7.32. The number of amides is 1. The number of hydrogen-bond acceptors (Lipinski definition) is 1. The minimum atomic E-state index is -0.00157. The van der Waals surface area contributed by atoms with Crippen molar-refractivity contribution < 1.29 is 9.36 Å². The Balaban J connectivity index is 2.10. The van der Waals surface area contributed by atoms with E-state index in [1.165, 1.54) is 5.56 Å². The molecule has 0 unspecified atom stereocenters. The molecule has 0 fully saturated rings. The first-order valence-corrected chi connectivity index (χ1v) is 7.32. The molecule has 110 valence electrons. The third-order valence-electron chi connectivity index (χ3n) is 3.62. The number of pyridine rings is 1. The fraction of sp³-hybridized carbons (Fsp3) is 0.333. The highest BCUT2D eigenvalue weighted by atomic mass is 16.1. The molecule has 1 amide bonds. The van der Waals surface area contributed by atoms with Crippen LogP contribution in [0.1, 0.15) is 36.5 Å². The van der Waals surface area contributed by atoms with Gasteiger partial charge in [-0.15, -0.1) is 0 Å². The van der Waals surface area contributed by atoms with Crippen LogP contribution >= 0.6 is 0 Å². The Morgan fingerprint density at radius 3 is 2.43 bits per heavy atom. The maximum atomic E-state index is 12.2. The quantitative estimate of drug-likeness (QED) is 0.858. The molecule has 2 rings (SSSR count). The van der Waals surface area contributed by atoms with Crippen molar-refractivity contribution in [1.82, 2.24) is 0 Å². The van der Waals surface area contributed by atoms with E-state index in [-0.39, 0.29) is 5.91 Å². The first kappa shape index (κ1) is 15.2.